The largest absolute Gasteiger partial charge is 0.482 e. The van der Waals surface area contributed by atoms with Crippen molar-refractivity contribution in [3.63, 3.8) is 0 Å². The van der Waals surface area contributed by atoms with E-state index in [0.717, 1.165) is 16.5 Å². The van der Waals surface area contributed by atoms with Crippen LogP contribution in [-0.4, -0.2) is 25.0 Å². The van der Waals surface area contributed by atoms with Crippen LogP contribution in [0.1, 0.15) is 24.9 Å². The molecular formula is C19H18BrClN2O3. The first kappa shape index (κ1) is 18.7. The number of fused-ring (bicyclic) bond motifs is 1. The Balaban J connectivity index is 1.73. The lowest BCUT2D eigenvalue weighted by Gasteiger charge is -2.29. The molecule has 1 aliphatic heterocycles. The van der Waals surface area contributed by atoms with Crippen molar-refractivity contribution in [1.29, 1.82) is 0 Å². The van der Waals surface area contributed by atoms with Gasteiger partial charge in [-0.3, -0.25) is 14.5 Å². The Kier molecular flexibility index (Phi) is 5.84. The summed E-state index contributed by atoms with van der Waals surface area (Å²) in [6, 6.07) is 12.6. The molecule has 3 rings (SSSR count). The fraction of sp³-hybridized carbons (Fsp3) is 0.263. The Bertz CT molecular complexity index is 826. The lowest BCUT2D eigenvalue weighted by Crippen LogP contribution is -2.45. The van der Waals surface area contributed by atoms with E-state index in [4.69, 9.17) is 16.3 Å². The van der Waals surface area contributed by atoms with E-state index in [-0.39, 0.29) is 31.0 Å². The molecule has 0 saturated carbocycles. The first-order valence-electron chi connectivity index (χ1n) is 8.25. The summed E-state index contributed by atoms with van der Waals surface area (Å²) in [6.45, 7) is 1.86. The van der Waals surface area contributed by atoms with E-state index >= 15 is 0 Å². The van der Waals surface area contributed by atoms with Crippen molar-refractivity contribution in [3.05, 3.63) is 57.5 Å². The van der Waals surface area contributed by atoms with Gasteiger partial charge in [-0.15, -0.1) is 0 Å². The highest BCUT2D eigenvalue weighted by molar-refractivity contribution is 9.10. The molecule has 5 nitrogen and oxygen atoms in total. The predicted molar refractivity (Wildman–Crippen MR) is 105 cm³/mol. The summed E-state index contributed by atoms with van der Waals surface area (Å²) in [6.07, 6.45) is 0.730. The van der Waals surface area contributed by atoms with Gasteiger partial charge in [-0.1, -0.05) is 46.6 Å². The van der Waals surface area contributed by atoms with E-state index in [2.05, 4.69) is 21.2 Å². The molecule has 2 amide bonds. The summed E-state index contributed by atoms with van der Waals surface area (Å²) in [5.74, 6) is 0.113. The Morgan fingerprint density at radius 1 is 1.31 bits per heavy atom. The molecule has 1 N–H and O–H groups in total. The molecule has 136 valence electrons. The number of carbonyl (C=O) groups excluding carboxylic acids is 2. The summed E-state index contributed by atoms with van der Waals surface area (Å²) >= 11 is 9.30. The van der Waals surface area contributed by atoms with E-state index in [1.807, 2.05) is 25.1 Å². The molecule has 0 bridgehead atoms. The van der Waals surface area contributed by atoms with Gasteiger partial charge in [0.25, 0.3) is 5.91 Å². The van der Waals surface area contributed by atoms with Crippen LogP contribution in [0.15, 0.2) is 46.9 Å². The highest BCUT2D eigenvalue weighted by Gasteiger charge is 2.28. The number of ether oxygens (including phenoxy) is 1. The zero-order chi connectivity index (χ0) is 18.7. The molecule has 0 radical (unpaired) electrons. The quantitative estimate of drug-likeness (QED) is 0.766. The standard InChI is InChI=1S/C19H18BrClN2O3/c1-2-15(12-3-6-14(21)7-4-12)22-18(24)10-23-16-8-5-13(20)9-17(16)26-11-19(23)25/h3-9,15H,2,10-11H2,1H3,(H,22,24). The predicted octanol–water partition coefficient (Wildman–Crippen LogP) is 4.10. The van der Waals surface area contributed by atoms with Crippen LogP contribution in [0, 0.1) is 0 Å². The number of nitrogens with zero attached hydrogens (tertiary/aromatic N) is 1. The second kappa shape index (κ2) is 8.10. The number of rotatable bonds is 5. The molecule has 1 aliphatic rings. The lowest BCUT2D eigenvalue weighted by molar-refractivity contribution is -0.125. The lowest BCUT2D eigenvalue weighted by atomic mass is 10.0. The molecule has 1 unspecified atom stereocenters. The number of nitrogens with one attached hydrogen (secondary N) is 1. The van der Waals surface area contributed by atoms with Crippen LogP contribution in [0.3, 0.4) is 0 Å². The van der Waals surface area contributed by atoms with E-state index in [0.29, 0.717) is 16.5 Å². The van der Waals surface area contributed by atoms with Gasteiger partial charge in [0.1, 0.15) is 12.3 Å². The number of amides is 2. The summed E-state index contributed by atoms with van der Waals surface area (Å²) in [5, 5.41) is 3.64. The Labute approximate surface area is 165 Å². The molecule has 1 heterocycles. The number of carbonyl (C=O) groups is 2. The van der Waals surface area contributed by atoms with Crippen LogP contribution in [0.5, 0.6) is 5.75 Å². The molecule has 0 fully saturated rings. The molecule has 0 saturated heterocycles. The highest BCUT2D eigenvalue weighted by atomic mass is 79.9. The average molecular weight is 438 g/mol. The third kappa shape index (κ3) is 4.19. The minimum atomic E-state index is -0.241. The Morgan fingerprint density at radius 2 is 2.04 bits per heavy atom. The fourth-order valence-electron chi connectivity index (χ4n) is 2.85. The Morgan fingerprint density at radius 3 is 2.73 bits per heavy atom. The summed E-state index contributed by atoms with van der Waals surface area (Å²) in [5.41, 5.74) is 1.57. The first-order valence-corrected chi connectivity index (χ1v) is 9.42. The van der Waals surface area contributed by atoms with E-state index in [1.165, 1.54) is 4.90 Å². The van der Waals surface area contributed by atoms with Gasteiger partial charge < -0.3 is 10.1 Å². The molecule has 1 atom stereocenters. The van der Waals surface area contributed by atoms with Gasteiger partial charge in [0.2, 0.25) is 5.91 Å². The summed E-state index contributed by atoms with van der Waals surface area (Å²) in [4.78, 5) is 26.3. The number of hydrogen-bond donors (Lipinski definition) is 1. The number of halogens is 2. The number of anilines is 1. The molecule has 2 aromatic carbocycles. The monoisotopic (exact) mass is 436 g/mol. The van der Waals surface area contributed by atoms with E-state index in [1.54, 1.807) is 24.3 Å². The van der Waals surface area contributed by atoms with Gasteiger partial charge in [-0.25, -0.2) is 0 Å². The van der Waals surface area contributed by atoms with Crippen molar-refractivity contribution in [2.24, 2.45) is 0 Å². The first-order chi connectivity index (χ1) is 12.5. The topological polar surface area (TPSA) is 58.6 Å². The van der Waals surface area contributed by atoms with Crippen molar-refractivity contribution in [2.75, 3.05) is 18.1 Å². The van der Waals surface area contributed by atoms with Crippen molar-refractivity contribution in [2.45, 2.75) is 19.4 Å². The molecule has 0 aromatic heterocycles. The van der Waals surface area contributed by atoms with Gasteiger partial charge >= 0.3 is 0 Å². The van der Waals surface area contributed by atoms with Crippen LogP contribution in [0.2, 0.25) is 5.02 Å². The summed E-state index contributed by atoms with van der Waals surface area (Å²) < 4.78 is 6.30. The summed E-state index contributed by atoms with van der Waals surface area (Å²) in [7, 11) is 0. The smallest absolute Gasteiger partial charge is 0.265 e. The van der Waals surface area contributed by atoms with E-state index < -0.39 is 0 Å². The maximum absolute atomic E-state index is 12.6. The Hall–Kier alpha value is -2.05. The van der Waals surface area contributed by atoms with Gasteiger partial charge in [0.05, 0.1) is 11.7 Å². The molecule has 26 heavy (non-hydrogen) atoms. The minimum absolute atomic E-state index is 0.0546. The molecule has 0 spiro atoms. The van der Waals surface area contributed by atoms with Gasteiger partial charge in [0.15, 0.2) is 6.61 Å². The van der Waals surface area contributed by atoms with Crippen molar-refractivity contribution in [1.82, 2.24) is 5.32 Å². The zero-order valence-electron chi connectivity index (χ0n) is 14.2. The second-order valence-electron chi connectivity index (χ2n) is 5.96. The van der Waals surface area contributed by atoms with E-state index in [9.17, 15) is 9.59 Å². The molecule has 2 aromatic rings. The maximum Gasteiger partial charge on any atom is 0.265 e. The van der Waals surface area contributed by atoms with Gasteiger partial charge in [-0.2, -0.15) is 0 Å². The van der Waals surface area contributed by atoms with Crippen LogP contribution >= 0.6 is 27.5 Å². The van der Waals surface area contributed by atoms with Crippen molar-refractivity contribution in [3.8, 4) is 5.75 Å². The zero-order valence-corrected chi connectivity index (χ0v) is 16.5. The highest BCUT2D eigenvalue weighted by Crippen LogP contribution is 2.34. The third-order valence-corrected chi connectivity index (χ3v) is 4.93. The maximum atomic E-state index is 12.6. The van der Waals surface area contributed by atoms with Gasteiger partial charge in [-0.05, 0) is 42.3 Å². The SMILES string of the molecule is CCC(NC(=O)CN1C(=O)COc2cc(Br)ccc21)c1ccc(Cl)cc1. The molecular weight excluding hydrogens is 420 g/mol. The third-order valence-electron chi connectivity index (χ3n) is 4.18. The van der Waals surface area contributed by atoms with Crippen molar-refractivity contribution >= 4 is 45.0 Å². The minimum Gasteiger partial charge on any atom is -0.482 e. The van der Waals surface area contributed by atoms with Crippen LogP contribution < -0.4 is 15.0 Å². The molecule has 0 aliphatic carbocycles. The van der Waals surface area contributed by atoms with Crippen LogP contribution in [0.25, 0.3) is 0 Å². The number of hydrogen-bond acceptors (Lipinski definition) is 3. The normalized spacial score (nSPS) is 14.4. The number of benzene rings is 2. The fourth-order valence-corrected chi connectivity index (χ4v) is 3.32. The van der Waals surface area contributed by atoms with Crippen LogP contribution in [0.4, 0.5) is 5.69 Å². The molecule has 7 heteroatoms. The van der Waals surface area contributed by atoms with Crippen molar-refractivity contribution < 1.29 is 14.3 Å². The van der Waals surface area contributed by atoms with Gasteiger partial charge in [0, 0.05) is 9.50 Å². The second-order valence-corrected chi connectivity index (χ2v) is 7.31. The average Bonchev–Trinajstić information content (AvgIpc) is 2.63. The van der Waals surface area contributed by atoms with Crippen LogP contribution in [-0.2, 0) is 9.59 Å².